The first-order valence-electron chi connectivity index (χ1n) is 6.04. The topological polar surface area (TPSA) is 110 Å². The van der Waals surface area contributed by atoms with E-state index in [1.54, 1.807) is 6.92 Å². The molecule has 110 valence electrons. The highest BCUT2D eigenvalue weighted by atomic mass is 16.5. The lowest BCUT2D eigenvalue weighted by Crippen LogP contribution is -2.38. The molecule has 0 unspecified atom stereocenters. The molecule has 0 bridgehead atoms. The molecule has 0 spiro atoms. The number of esters is 1. The van der Waals surface area contributed by atoms with E-state index in [-0.39, 0.29) is 16.9 Å². The first-order chi connectivity index (χ1) is 9.14. The third kappa shape index (κ3) is 2.60. The number of carbonyl (C=O) groups is 2. The highest BCUT2D eigenvalue weighted by Crippen LogP contribution is 2.39. The second kappa shape index (κ2) is 5.50. The fourth-order valence-electron chi connectivity index (χ4n) is 1.97. The van der Waals surface area contributed by atoms with Crippen LogP contribution in [0.1, 0.15) is 41.4 Å². The fraction of sp³-hybridized carbons (Fsp3) is 0.429. The van der Waals surface area contributed by atoms with E-state index in [1.807, 2.05) is 0 Å². The Balaban J connectivity index is 3.49. The van der Waals surface area contributed by atoms with Gasteiger partial charge in [0.1, 0.15) is 5.75 Å². The molecule has 0 amide bonds. The minimum atomic E-state index is -1.22. The SMILES string of the molecule is COC(=O)C(C)(C)[C@@H](N)c1c(C(=O)O)ccc(C)c1O. The molecule has 6 nitrogen and oxygen atoms in total. The minimum absolute atomic E-state index is 0.0351. The number of hydrogen-bond donors (Lipinski definition) is 3. The summed E-state index contributed by atoms with van der Waals surface area (Å²) in [7, 11) is 1.23. The van der Waals surface area contributed by atoms with Crippen molar-refractivity contribution in [1.82, 2.24) is 0 Å². The van der Waals surface area contributed by atoms with Gasteiger partial charge < -0.3 is 20.7 Å². The maximum Gasteiger partial charge on any atom is 0.336 e. The molecular weight excluding hydrogens is 262 g/mol. The molecule has 1 aromatic carbocycles. The molecule has 4 N–H and O–H groups in total. The number of hydrogen-bond acceptors (Lipinski definition) is 5. The van der Waals surface area contributed by atoms with Gasteiger partial charge in [0.05, 0.1) is 18.1 Å². The number of aromatic carboxylic acids is 1. The Morgan fingerprint density at radius 1 is 1.35 bits per heavy atom. The van der Waals surface area contributed by atoms with E-state index in [2.05, 4.69) is 4.74 Å². The van der Waals surface area contributed by atoms with Crippen LogP contribution in [-0.2, 0) is 9.53 Å². The molecule has 0 saturated heterocycles. The monoisotopic (exact) mass is 281 g/mol. The molecular formula is C14H19NO5. The second-order valence-corrected chi connectivity index (χ2v) is 5.19. The van der Waals surface area contributed by atoms with Gasteiger partial charge in [0, 0.05) is 11.6 Å². The molecule has 0 aliphatic carbocycles. The lowest BCUT2D eigenvalue weighted by atomic mass is 9.78. The van der Waals surface area contributed by atoms with Crippen LogP contribution in [0.3, 0.4) is 0 Å². The van der Waals surface area contributed by atoms with Crippen molar-refractivity contribution >= 4 is 11.9 Å². The molecule has 0 aliphatic heterocycles. The summed E-state index contributed by atoms with van der Waals surface area (Å²) in [6.07, 6.45) is 0. The van der Waals surface area contributed by atoms with E-state index >= 15 is 0 Å². The summed E-state index contributed by atoms with van der Waals surface area (Å²) in [5, 5.41) is 19.3. The number of ether oxygens (including phenoxy) is 1. The Bertz CT molecular complexity index is 551. The number of carboxylic acids is 1. The smallest absolute Gasteiger partial charge is 0.336 e. The number of nitrogens with two attached hydrogens (primary N) is 1. The zero-order chi connectivity index (χ0) is 15.7. The number of aryl methyl sites for hydroxylation is 1. The molecule has 0 saturated carbocycles. The Kier molecular flexibility index (Phi) is 4.39. The van der Waals surface area contributed by atoms with E-state index in [1.165, 1.54) is 33.1 Å². The lowest BCUT2D eigenvalue weighted by molar-refractivity contribution is -0.152. The van der Waals surface area contributed by atoms with Crippen molar-refractivity contribution < 1.29 is 24.5 Å². The molecule has 0 fully saturated rings. The molecule has 1 rings (SSSR count). The minimum Gasteiger partial charge on any atom is -0.507 e. The Morgan fingerprint density at radius 3 is 2.35 bits per heavy atom. The number of phenols is 1. The molecule has 1 aromatic rings. The number of carboxylic acid groups (broad SMARTS) is 1. The number of methoxy groups -OCH3 is 1. The van der Waals surface area contributed by atoms with Crippen LogP contribution in [0.5, 0.6) is 5.75 Å². The van der Waals surface area contributed by atoms with Crippen LogP contribution < -0.4 is 5.73 Å². The van der Waals surface area contributed by atoms with Crippen LogP contribution in [-0.4, -0.2) is 29.3 Å². The van der Waals surface area contributed by atoms with Gasteiger partial charge in [-0.25, -0.2) is 4.79 Å². The van der Waals surface area contributed by atoms with Crippen LogP contribution in [0.15, 0.2) is 12.1 Å². The zero-order valence-electron chi connectivity index (χ0n) is 11.9. The highest BCUT2D eigenvalue weighted by Gasteiger charge is 2.39. The van der Waals surface area contributed by atoms with Crippen LogP contribution in [0.25, 0.3) is 0 Å². The molecule has 0 radical (unpaired) electrons. The van der Waals surface area contributed by atoms with E-state index in [9.17, 15) is 19.8 Å². The van der Waals surface area contributed by atoms with Crippen molar-refractivity contribution in [2.45, 2.75) is 26.8 Å². The number of carbonyl (C=O) groups excluding carboxylic acids is 1. The maximum atomic E-state index is 11.8. The quantitative estimate of drug-likeness (QED) is 0.723. The standard InChI is InChI=1S/C14H19NO5/c1-7-5-6-8(12(17)18)9(10(7)16)11(15)14(2,3)13(19)20-4/h5-6,11,16H,15H2,1-4H3,(H,17,18)/t11-/m0/s1. The third-order valence-electron chi connectivity index (χ3n) is 3.45. The van der Waals surface area contributed by atoms with Crippen LogP contribution >= 0.6 is 0 Å². The number of phenolic OH excluding ortho intramolecular Hbond substituents is 1. The first-order valence-corrected chi connectivity index (χ1v) is 6.04. The van der Waals surface area contributed by atoms with Crippen molar-refractivity contribution in [3.63, 3.8) is 0 Å². The largest absolute Gasteiger partial charge is 0.507 e. The average Bonchev–Trinajstić information content (AvgIpc) is 2.39. The summed E-state index contributed by atoms with van der Waals surface area (Å²) in [4.78, 5) is 23.1. The van der Waals surface area contributed by atoms with Gasteiger partial charge in [-0.1, -0.05) is 6.07 Å². The molecule has 0 heterocycles. The number of aromatic hydroxyl groups is 1. The van der Waals surface area contributed by atoms with E-state index in [4.69, 9.17) is 5.73 Å². The molecule has 0 aliphatic rings. The van der Waals surface area contributed by atoms with Gasteiger partial charge in [0.15, 0.2) is 0 Å². The van der Waals surface area contributed by atoms with Crippen LogP contribution in [0.2, 0.25) is 0 Å². The van der Waals surface area contributed by atoms with E-state index in [0.29, 0.717) is 5.56 Å². The predicted molar refractivity (Wildman–Crippen MR) is 72.5 cm³/mol. The summed E-state index contributed by atoms with van der Waals surface area (Å²) in [6, 6.07) is 1.83. The van der Waals surface area contributed by atoms with Crippen LogP contribution in [0.4, 0.5) is 0 Å². The highest BCUT2D eigenvalue weighted by molar-refractivity contribution is 5.91. The van der Waals surface area contributed by atoms with Gasteiger partial charge in [-0.3, -0.25) is 4.79 Å². The third-order valence-corrected chi connectivity index (χ3v) is 3.45. The molecule has 1 atom stereocenters. The molecule has 20 heavy (non-hydrogen) atoms. The van der Waals surface area contributed by atoms with Gasteiger partial charge >= 0.3 is 11.9 Å². The predicted octanol–water partition coefficient (Wildman–Crippen LogP) is 1.60. The van der Waals surface area contributed by atoms with Crippen LogP contribution in [0, 0.1) is 12.3 Å². The van der Waals surface area contributed by atoms with Gasteiger partial charge in [-0.05, 0) is 32.4 Å². The second-order valence-electron chi connectivity index (χ2n) is 5.19. The number of rotatable bonds is 4. The Morgan fingerprint density at radius 2 is 1.90 bits per heavy atom. The number of benzene rings is 1. The van der Waals surface area contributed by atoms with Gasteiger partial charge in [-0.2, -0.15) is 0 Å². The van der Waals surface area contributed by atoms with E-state index in [0.717, 1.165) is 0 Å². The van der Waals surface area contributed by atoms with Crippen molar-refractivity contribution in [3.8, 4) is 5.75 Å². The summed E-state index contributed by atoms with van der Waals surface area (Å²) in [5.41, 5.74) is 5.25. The van der Waals surface area contributed by atoms with Gasteiger partial charge in [-0.15, -0.1) is 0 Å². The van der Waals surface area contributed by atoms with Crippen molar-refractivity contribution in [2.24, 2.45) is 11.1 Å². The van der Waals surface area contributed by atoms with Crippen molar-refractivity contribution in [1.29, 1.82) is 0 Å². The lowest BCUT2D eigenvalue weighted by Gasteiger charge is -2.30. The van der Waals surface area contributed by atoms with Crippen molar-refractivity contribution in [2.75, 3.05) is 7.11 Å². The Hall–Kier alpha value is -2.08. The molecule has 0 aromatic heterocycles. The first kappa shape index (κ1) is 16.0. The van der Waals surface area contributed by atoms with Crippen molar-refractivity contribution in [3.05, 3.63) is 28.8 Å². The van der Waals surface area contributed by atoms with Gasteiger partial charge in [0.2, 0.25) is 0 Å². The summed E-state index contributed by atoms with van der Waals surface area (Å²) in [5.74, 6) is -2.01. The zero-order valence-corrected chi connectivity index (χ0v) is 11.9. The van der Waals surface area contributed by atoms with E-state index < -0.39 is 23.4 Å². The average molecular weight is 281 g/mol. The Labute approximate surface area is 117 Å². The summed E-state index contributed by atoms with van der Waals surface area (Å²) < 4.78 is 4.68. The molecule has 6 heteroatoms. The fourth-order valence-corrected chi connectivity index (χ4v) is 1.97. The van der Waals surface area contributed by atoms with Gasteiger partial charge in [0.25, 0.3) is 0 Å². The summed E-state index contributed by atoms with van der Waals surface area (Å²) in [6.45, 7) is 4.70. The maximum absolute atomic E-state index is 11.8. The summed E-state index contributed by atoms with van der Waals surface area (Å²) >= 11 is 0. The normalized spacial score (nSPS) is 12.8.